The van der Waals surface area contributed by atoms with Gasteiger partial charge in [-0.05, 0) is 44.5 Å². The van der Waals surface area contributed by atoms with Gasteiger partial charge in [0.25, 0.3) is 5.76 Å². The Morgan fingerprint density at radius 1 is 1.29 bits per heavy atom. The second-order valence-electron chi connectivity index (χ2n) is 4.91. The van der Waals surface area contributed by atoms with Gasteiger partial charge >= 0.3 is 0 Å². The Hall–Kier alpha value is -0.850. The number of nitrogens with one attached hydrogen (secondary N) is 1. The highest BCUT2D eigenvalue weighted by atomic mass is 32.2. The molecule has 0 aliphatic carbocycles. The molecule has 0 saturated carbocycles. The topological polar surface area (TPSA) is 25.2 Å². The van der Waals surface area contributed by atoms with Crippen LogP contribution in [0.1, 0.15) is 39.8 Å². The molecule has 1 unspecified atom stereocenters. The van der Waals surface area contributed by atoms with Crippen LogP contribution in [0.15, 0.2) is 22.6 Å². The van der Waals surface area contributed by atoms with E-state index in [0.717, 1.165) is 5.76 Å². The highest BCUT2D eigenvalue weighted by molar-refractivity contribution is 7.98. The first-order chi connectivity index (χ1) is 9.95. The Morgan fingerprint density at radius 2 is 2.00 bits per heavy atom. The Labute approximate surface area is 131 Å². The third kappa shape index (κ3) is 4.83. The monoisotopic (exact) mass is 331 g/mol. The smallest absolute Gasteiger partial charge is 0.284 e. The van der Waals surface area contributed by atoms with Crippen molar-refractivity contribution in [3.63, 3.8) is 0 Å². The van der Waals surface area contributed by atoms with Crippen LogP contribution in [-0.4, -0.2) is 5.76 Å². The maximum Gasteiger partial charge on any atom is 0.284 e. The summed E-state index contributed by atoms with van der Waals surface area (Å²) in [4.78, 5) is 2.63. The quantitative estimate of drug-likeness (QED) is 0.749. The fraction of sp³-hybridized carbons (Fsp3) is 0.467. The molecule has 0 bridgehead atoms. The summed E-state index contributed by atoms with van der Waals surface area (Å²) >= 11 is 2.37. The van der Waals surface area contributed by atoms with Gasteiger partial charge in [-0.2, -0.15) is 8.78 Å². The van der Waals surface area contributed by atoms with Crippen molar-refractivity contribution >= 4 is 23.1 Å². The maximum absolute atomic E-state index is 12.1. The van der Waals surface area contributed by atoms with E-state index in [0.29, 0.717) is 24.1 Å². The van der Waals surface area contributed by atoms with Gasteiger partial charge in [0.15, 0.2) is 0 Å². The fourth-order valence-electron chi connectivity index (χ4n) is 2.18. The summed E-state index contributed by atoms with van der Waals surface area (Å²) in [6.07, 6.45) is 0. The second kappa shape index (κ2) is 7.42. The molecule has 0 spiro atoms. The van der Waals surface area contributed by atoms with Crippen molar-refractivity contribution in [3.8, 4) is 0 Å². The predicted octanol–water partition coefficient (Wildman–Crippen LogP) is 5.26. The summed E-state index contributed by atoms with van der Waals surface area (Å²) in [6, 6.07) is 6.04. The van der Waals surface area contributed by atoms with Crippen molar-refractivity contribution in [1.29, 1.82) is 0 Å². The number of thiophene rings is 1. The van der Waals surface area contributed by atoms with Crippen molar-refractivity contribution in [2.75, 3.05) is 0 Å². The van der Waals surface area contributed by atoms with Crippen LogP contribution in [-0.2, 0) is 12.3 Å². The number of aryl methyl sites for hydroxylation is 2. The van der Waals surface area contributed by atoms with Crippen LogP contribution in [0.2, 0.25) is 0 Å². The van der Waals surface area contributed by atoms with E-state index in [9.17, 15) is 8.78 Å². The minimum absolute atomic E-state index is 0.204. The number of alkyl halides is 2. The van der Waals surface area contributed by atoms with E-state index in [1.165, 1.54) is 15.3 Å². The van der Waals surface area contributed by atoms with Gasteiger partial charge in [0.1, 0.15) is 11.5 Å². The molecule has 0 radical (unpaired) electrons. The summed E-state index contributed by atoms with van der Waals surface area (Å²) in [5.41, 5.74) is 1.30. The van der Waals surface area contributed by atoms with Crippen molar-refractivity contribution in [2.45, 2.75) is 44.9 Å². The third-order valence-corrected chi connectivity index (χ3v) is 4.88. The van der Waals surface area contributed by atoms with E-state index < -0.39 is 5.76 Å². The molecule has 6 heteroatoms. The predicted molar refractivity (Wildman–Crippen MR) is 85.1 cm³/mol. The van der Waals surface area contributed by atoms with Crippen molar-refractivity contribution in [3.05, 3.63) is 45.0 Å². The molecular weight excluding hydrogens is 312 g/mol. The molecule has 2 aromatic rings. The molecule has 0 amide bonds. The van der Waals surface area contributed by atoms with Gasteiger partial charge in [0, 0.05) is 15.8 Å². The van der Waals surface area contributed by atoms with Gasteiger partial charge in [-0.25, -0.2) is 0 Å². The first kappa shape index (κ1) is 16.5. The summed E-state index contributed by atoms with van der Waals surface area (Å²) in [5, 5.41) is 3.41. The van der Waals surface area contributed by atoms with E-state index in [1.54, 1.807) is 17.4 Å². The van der Waals surface area contributed by atoms with E-state index in [4.69, 9.17) is 4.42 Å². The molecule has 116 valence electrons. The molecule has 2 nitrogen and oxygen atoms in total. The van der Waals surface area contributed by atoms with Crippen LogP contribution in [0, 0.1) is 13.8 Å². The lowest BCUT2D eigenvalue weighted by atomic mass is 10.1. The third-order valence-electron chi connectivity index (χ3n) is 3.20. The van der Waals surface area contributed by atoms with Crippen LogP contribution in [0.3, 0.4) is 0 Å². The molecule has 0 aromatic carbocycles. The lowest BCUT2D eigenvalue weighted by Crippen LogP contribution is -2.17. The van der Waals surface area contributed by atoms with Gasteiger partial charge in [-0.15, -0.1) is 11.3 Å². The zero-order valence-electron chi connectivity index (χ0n) is 12.3. The molecular formula is C15H19F2NOS2. The van der Waals surface area contributed by atoms with E-state index >= 15 is 0 Å². The highest BCUT2D eigenvalue weighted by Gasteiger charge is 2.12. The zero-order chi connectivity index (χ0) is 15.4. The molecule has 2 aromatic heterocycles. The van der Waals surface area contributed by atoms with Crippen LogP contribution in [0.5, 0.6) is 0 Å². The Bertz CT molecular complexity index is 580. The molecule has 0 aliphatic rings. The Morgan fingerprint density at radius 3 is 2.62 bits per heavy atom. The van der Waals surface area contributed by atoms with Gasteiger partial charge < -0.3 is 9.73 Å². The molecule has 0 saturated heterocycles. The molecule has 2 heterocycles. The zero-order valence-corrected chi connectivity index (χ0v) is 13.9. The number of hydrogen-bond acceptors (Lipinski definition) is 4. The molecule has 0 aliphatic heterocycles. The molecule has 2 rings (SSSR count). The molecule has 21 heavy (non-hydrogen) atoms. The van der Waals surface area contributed by atoms with Gasteiger partial charge in [0.05, 0.1) is 12.3 Å². The summed E-state index contributed by atoms with van der Waals surface area (Å²) in [5.74, 6) is -0.791. The van der Waals surface area contributed by atoms with Crippen molar-refractivity contribution in [2.24, 2.45) is 0 Å². The molecule has 0 fully saturated rings. The fourth-order valence-corrected chi connectivity index (χ4v) is 3.65. The first-order valence-electron chi connectivity index (χ1n) is 6.73. The van der Waals surface area contributed by atoms with Crippen LogP contribution in [0.25, 0.3) is 0 Å². The van der Waals surface area contributed by atoms with E-state index in [-0.39, 0.29) is 11.8 Å². The summed E-state index contributed by atoms with van der Waals surface area (Å²) in [6.45, 7) is 6.94. The largest absolute Gasteiger partial charge is 0.464 e. The maximum atomic E-state index is 12.1. The normalized spacial score (nSPS) is 13.0. The Balaban J connectivity index is 1.86. The lowest BCUT2D eigenvalue weighted by molar-refractivity contribution is 0.251. The van der Waals surface area contributed by atoms with Crippen LogP contribution < -0.4 is 5.32 Å². The number of furan rings is 1. The number of thioether (sulfide) groups is 1. The minimum atomic E-state index is -2.36. The van der Waals surface area contributed by atoms with Crippen LogP contribution in [0.4, 0.5) is 8.78 Å². The molecule has 1 N–H and O–H groups in total. The highest BCUT2D eigenvalue weighted by Crippen LogP contribution is 2.26. The SMILES string of the molecule is Cc1cc(C(C)NCc2ccc(CSC(F)F)o2)c(C)s1. The van der Waals surface area contributed by atoms with Gasteiger partial charge in [-0.1, -0.05) is 11.8 Å². The number of rotatable bonds is 7. The lowest BCUT2D eigenvalue weighted by Gasteiger charge is -2.12. The number of hydrogen-bond donors (Lipinski definition) is 1. The number of halogens is 2. The first-order valence-corrected chi connectivity index (χ1v) is 8.60. The molecule has 1 atom stereocenters. The minimum Gasteiger partial charge on any atom is -0.464 e. The van der Waals surface area contributed by atoms with Gasteiger partial charge in [-0.3, -0.25) is 0 Å². The van der Waals surface area contributed by atoms with E-state index in [1.807, 2.05) is 6.07 Å². The average Bonchev–Trinajstić information content (AvgIpc) is 3.00. The average molecular weight is 331 g/mol. The van der Waals surface area contributed by atoms with Crippen molar-refractivity contribution < 1.29 is 13.2 Å². The van der Waals surface area contributed by atoms with E-state index in [2.05, 4.69) is 32.2 Å². The standard InChI is InChI=1S/C15H19F2NOS2/c1-9-6-14(11(3)21-9)10(2)18-7-12-4-5-13(19-12)8-20-15(16)17/h4-6,10,15,18H,7-8H2,1-3H3. The Kier molecular flexibility index (Phi) is 5.84. The second-order valence-corrected chi connectivity index (χ2v) is 7.35. The summed E-state index contributed by atoms with van der Waals surface area (Å²) < 4.78 is 29.8. The van der Waals surface area contributed by atoms with Gasteiger partial charge in [0.2, 0.25) is 0 Å². The summed E-state index contributed by atoms with van der Waals surface area (Å²) in [7, 11) is 0. The van der Waals surface area contributed by atoms with Crippen LogP contribution >= 0.6 is 23.1 Å². The van der Waals surface area contributed by atoms with Crippen molar-refractivity contribution in [1.82, 2.24) is 5.32 Å².